The molecule has 9 nitrogen and oxygen atoms in total. The molecule has 176 valence electrons. The van der Waals surface area contributed by atoms with E-state index in [0.29, 0.717) is 16.1 Å². The molecule has 1 N–H and O–H groups in total. The first-order chi connectivity index (χ1) is 16.2. The lowest BCUT2D eigenvalue weighted by molar-refractivity contribution is -0.384. The van der Waals surface area contributed by atoms with Crippen molar-refractivity contribution in [2.24, 2.45) is 5.10 Å². The highest BCUT2D eigenvalue weighted by Crippen LogP contribution is 2.22. The molecule has 0 fully saturated rings. The summed E-state index contributed by atoms with van der Waals surface area (Å²) in [6.07, 6.45) is 1.30. The van der Waals surface area contributed by atoms with E-state index in [0.717, 1.165) is 9.87 Å². The van der Waals surface area contributed by atoms with E-state index in [-0.39, 0.29) is 17.1 Å². The Morgan fingerprint density at radius 3 is 2.35 bits per heavy atom. The number of rotatable bonds is 9. The molecule has 0 radical (unpaired) electrons. The van der Waals surface area contributed by atoms with Gasteiger partial charge in [0.05, 0.1) is 22.6 Å². The fourth-order valence-corrected chi connectivity index (χ4v) is 4.53. The van der Waals surface area contributed by atoms with Crippen molar-refractivity contribution in [3.63, 3.8) is 0 Å². The molecule has 1 amide bonds. The molecule has 0 aliphatic carbocycles. The zero-order chi connectivity index (χ0) is 24.7. The number of non-ortho nitro benzene ring substituents is 1. The van der Waals surface area contributed by atoms with Crippen LogP contribution in [0.4, 0.5) is 5.69 Å². The highest BCUT2D eigenvalue weighted by molar-refractivity contribution is 7.89. The summed E-state index contributed by atoms with van der Waals surface area (Å²) in [4.78, 5) is 22.8. The lowest BCUT2D eigenvalue weighted by atomic mass is 10.2. The van der Waals surface area contributed by atoms with Gasteiger partial charge in [-0.3, -0.25) is 14.9 Å². The molecule has 0 aromatic heterocycles. The summed E-state index contributed by atoms with van der Waals surface area (Å²) in [5.74, 6) is -0.666. The van der Waals surface area contributed by atoms with Crippen LogP contribution in [0.3, 0.4) is 0 Å². The van der Waals surface area contributed by atoms with Crippen molar-refractivity contribution in [1.29, 1.82) is 0 Å². The van der Waals surface area contributed by atoms with Gasteiger partial charge in [0.1, 0.15) is 0 Å². The SMILES string of the molecule is Cc1ccc(S(=O)(=O)N(CC(=O)N/N=C\c2ccc([N+](=O)[O-])cc2)Cc2ccccc2Cl)cc1. The first-order valence-corrected chi connectivity index (χ1v) is 11.9. The molecule has 3 rings (SSSR count). The number of nitrogens with zero attached hydrogens (tertiary/aromatic N) is 3. The molecular weight excluding hydrogens is 480 g/mol. The number of hydrogen-bond acceptors (Lipinski definition) is 6. The average molecular weight is 501 g/mol. The van der Waals surface area contributed by atoms with Crippen LogP contribution in [0.15, 0.2) is 82.8 Å². The minimum Gasteiger partial charge on any atom is -0.272 e. The molecule has 0 saturated carbocycles. The molecule has 3 aromatic rings. The highest BCUT2D eigenvalue weighted by atomic mass is 35.5. The van der Waals surface area contributed by atoms with E-state index in [1.54, 1.807) is 36.4 Å². The largest absolute Gasteiger partial charge is 0.272 e. The second-order valence-corrected chi connectivity index (χ2v) is 9.66. The Hall–Kier alpha value is -3.60. The Labute approximate surface area is 201 Å². The van der Waals surface area contributed by atoms with E-state index in [9.17, 15) is 23.3 Å². The number of nitro groups is 1. The van der Waals surface area contributed by atoms with Gasteiger partial charge in [-0.05, 0) is 48.4 Å². The van der Waals surface area contributed by atoms with Crippen LogP contribution in [0, 0.1) is 17.0 Å². The van der Waals surface area contributed by atoms with Gasteiger partial charge in [0.2, 0.25) is 10.0 Å². The third-order valence-corrected chi connectivity index (χ3v) is 6.96. The highest BCUT2D eigenvalue weighted by Gasteiger charge is 2.27. The van der Waals surface area contributed by atoms with Gasteiger partial charge in [0, 0.05) is 23.7 Å². The van der Waals surface area contributed by atoms with Gasteiger partial charge < -0.3 is 0 Å². The van der Waals surface area contributed by atoms with Gasteiger partial charge in [-0.15, -0.1) is 0 Å². The van der Waals surface area contributed by atoms with Crippen LogP contribution in [-0.4, -0.2) is 36.3 Å². The Morgan fingerprint density at radius 1 is 1.09 bits per heavy atom. The zero-order valence-corrected chi connectivity index (χ0v) is 19.7. The van der Waals surface area contributed by atoms with Crippen LogP contribution < -0.4 is 5.43 Å². The first kappa shape index (κ1) is 25.0. The molecule has 11 heteroatoms. The van der Waals surface area contributed by atoms with E-state index < -0.39 is 27.4 Å². The first-order valence-electron chi connectivity index (χ1n) is 10.0. The number of benzene rings is 3. The summed E-state index contributed by atoms with van der Waals surface area (Å²) in [5, 5.41) is 14.9. The average Bonchev–Trinajstić information content (AvgIpc) is 2.80. The molecule has 0 aliphatic rings. The number of carbonyl (C=O) groups excluding carboxylic acids is 1. The normalized spacial score (nSPS) is 11.6. The Bertz CT molecular complexity index is 1310. The molecular formula is C23H21ClN4O5S. The number of nitrogens with one attached hydrogen (secondary N) is 1. The summed E-state index contributed by atoms with van der Waals surface area (Å²) >= 11 is 6.22. The van der Waals surface area contributed by atoms with Gasteiger partial charge in [-0.25, -0.2) is 13.8 Å². The van der Waals surface area contributed by atoms with Crippen LogP contribution >= 0.6 is 11.6 Å². The maximum Gasteiger partial charge on any atom is 0.269 e. The van der Waals surface area contributed by atoms with E-state index in [1.165, 1.54) is 42.6 Å². The van der Waals surface area contributed by atoms with Gasteiger partial charge >= 0.3 is 0 Å². The van der Waals surface area contributed by atoms with Gasteiger partial charge in [0.25, 0.3) is 11.6 Å². The van der Waals surface area contributed by atoms with Crippen molar-refractivity contribution in [3.8, 4) is 0 Å². The van der Waals surface area contributed by atoms with Crippen molar-refractivity contribution in [3.05, 3.63) is 105 Å². The van der Waals surface area contributed by atoms with Crippen LogP contribution in [0.2, 0.25) is 5.02 Å². The summed E-state index contributed by atoms with van der Waals surface area (Å²) in [6.45, 7) is 1.22. The molecule has 0 heterocycles. The summed E-state index contributed by atoms with van der Waals surface area (Å²) in [6, 6.07) is 18.7. The number of amides is 1. The van der Waals surface area contributed by atoms with Crippen molar-refractivity contribution in [1.82, 2.24) is 9.73 Å². The Balaban J connectivity index is 1.77. The van der Waals surface area contributed by atoms with Crippen LogP contribution in [-0.2, 0) is 21.4 Å². The number of carbonyl (C=O) groups is 1. The van der Waals surface area contributed by atoms with E-state index in [2.05, 4.69) is 10.5 Å². The Morgan fingerprint density at radius 2 is 1.74 bits per heavy atom. The quantitative estimate of drug-likeness (QED) is 0.271. The van der Waals surface area contributed by atoms with Gasteiger partial charge in [0.15, 0.2) is 0 Å². The predicted molar refractivity (Wildman–Crippen MR) is 129 cm³/mol. The molecule has 0 unspecified atom stereocenters. The van der Waals surface area contributed by atoms with Crippen molar-refractivity contribution in [2.75, 3.05) is 6.54 Å². The number of nitro benzene ring substituents is 1. The van der Waals surface area contributed by atoms with Crippen molar-refractivity contribution >= 4 is 39.4 Å². The smallest absolute Gasteiger partial charge is 0.269 e. The van der Waals surface area contributed by atoms with Crippen LogP contribution in [0.1, 0.15) is 16.7 Å². The molecule has 3 aromatic carbocycles. The van der Waals surface area contributed by atoms with E-state index >= 15 is 0 Å². The van der Waals surface area contributed by atoms with Crippen molar-refractivity contribution in [2.45, 2.75) is 18.4 Å². The zero-order valence-electron chi connectivity index (χ0n) is 18.1. The van der Waals surface area contributed by atoms with Gasteiger partial charge in [-0.1, -0.05) is 47.5 Å². The molecule has 0 bridgehead atoms. The number of sulfonamides is 1. The lowest BCUT2D eigenvalue weighted by Crippen LogP contribution is -2.39. The fourth-order valence-electron chi connectivity index (χ4n) is 2.96. The maximum absolute atomic E-state index is 13.3. The summed E-state index contributed by atoms with van der Waals surface area (Å²) < 4.78 is 27.6. The van der Waals surface area contributed by atoms with E-state index in [4.69, 9.17) is 11.6 Å². The standard InChI is InChI=1S/C23H21ClN4O5S/c1-17-6-12-21(13-7-17)34(32,33)27(15-19-4-2-3-5-22(19)24)16-23(29)26-25-14-18-8-10-20(11-9-18)28(30)31/h2-14H,15-16H2,1H3,(H,26,29)/b25-14-. The summed E-state index contributed by atoms with van der Waals surface area (Å²) in [5.41, 5.74) is 4.18. The third kappa shape index (κ3) is 6.47. The molecule has 0 saturated heterocycles. The molecule has 0 spiro atoms. The maximum atomic E-state index is 13.3. The number of hydrazone groups is 1. The molecule has 0 aliphatic heterocycles. The second-order valence-electron chi connectivity index (χ2n) is 7.32. The molecule has 0 atom stereocenters. The van der Waals surface area contributed by atoms with Gasteiger partial charge in [-0.2, -0.15) is 9.41 Å². The summed E-state index contributed by atoms with van der Waals surface area (Å²) in [7, 11) is -4.02. The van der Waals surface area contributed by atoms with Crippen LogP contribution in [0.5, 0.6) is 0 Å². The topological polar surface area (TPSA) is 122 Å². The number of aryl methyl sites for hydroxylation is 1. The minimum absolute atomic E-state index is 0.0485. The Kier molecular flexibility index (Phi) is 8.11. The lowest BCUT2D eigenvalue weighted by Gasteiger charge is -2.22. The number of halogens is 1. The minimum atomic E-state index is -4.02. The van der Waals surface area contributed by atoms with Crippen LogP contribution in [0.25, 0.3) is 0 Å². The third-order valence-electron chi connectivity index (χ3n) is 4.79. The monoisotopic (exact) mass is 500 g/mol. The van der Waals surface area contributed by atoms with E-state index in [1.807, 2.05) is 6.92 Å². The predicted octanol–water partition coefficient (Wildman–Crippen LogP) is 3.90. The fraction of sp³-hybridized carbons (Fsp3) is 0.130. The molecule has 34 heavy (non-hydrogen) atoms. The number of hydrogen-bond donors (Lipinski definition) is 1. The van der Waals surface area contributed by atoms with Crippen molar-refractivity contribution < 1.29 is 18.1 Å². The second kappa shape index (κ2) is 11.0.